The van der Waals surface area contributed by atoms with Gasteiger partial charge in [-0.25, -0.2) is 23.6 Å². The monoisotopic (exact) mass is 669 g/mol. The highest BCUT2D eigenvalue weighted by Gasteiger charge is 2.43. The molecule has 244 valence electrons. The van der Waals surface area contributed by atoms with Crippen LogP contribution in [0, 0.1) is 12.7 Å². The van der Waals surface area contributed by atoms with Crippen molar-refractivity contribution in [3.8, 4) is 17.1 Å². The highest BCUT2D eigenvalue weighted by atomic mass is 32.2. The van der Waals surface area contributed by atoms with Gasteiger partial charge in [-0.2, -0.15) is 9.89 Å². The van der Waals surface area contributed by atoms with E-state index in [4.69, 9.17) is 0 Å². The minimum absolute atomic E-state index is 0.0927. The third-order valence-corrected chi connectivity index (χ3v) is 7.83. The second kappa shape index (κ2) is 13.6. The van der Waals surface area contributed by atoms with Crippen LogP contribution in [0.3, 0.4) is 0 Å². The van der Waals surface area contributed by atoms with E-state index in [0.29, 0.717) is 11.4 Å². The number of aryl methyl sites for hydroxylation is 2. The number of carbonyl (C=O) groups excluding carboxylic acids is 3. The van der Waals surface area contributed by atoms with Crippen LogP contribution < -0.4 is 15.1 Å². The Morgan fingerprint density at radius 3 is 2.51 bits per heavy atom. The Morgan fingerprint density at radius 1 is 1.11 bits per heavy atom. The number of thioether (sulfide) groups is 1. The number of aliphatic imine (C=N–C) groups is 1. The summed E-state index contributed by atoms with van der Waals surface area (Å²) >= 11 is 1.11. The maximum absolute atomic E-state index is 15.1. The van der Waals surface area contributed by atoms with Crippen LogP contribution in [-0.4, -0.2) is 57.1 Å². The number of halogens is 4. The molecule has 0 unspecified atom stereocenters. The van der Waals surface area contributed by atoms with Gasteiger partial charge in [0.05, 0.1) is 35.6 Å². The number of rotatable bonds is 7. The summed E-state index contributed by atoms with van der Waals surface area (Å²) in [4.78, 5) is 46.5. The molecule has 4 amide bonds. The van der Waals surface area contributed by atoms with Crippen molar-refractivity contribution < 1.29 is 36.7 Å². The zero-order valence-corrected chi connectivity index (χ0v) is 26.0. The molecule has 1 aliphatic heterocycles. The molecule has 0 aliphatic carbocycles. The van der Waals surface area contributed by atoms with Gasteiger partial charge in [0.25, 0.3) is 0 Å². The number of alkyl halides is 3. The van der Waals surface area contributed by atoms with E-state index in [1.54, 1.807) is 0 Å². The maximum atomic E-state index is 15.1. The van der Waals surface area contributed by atoms with Gasteiger partial charge >= 0.3 is 18.4 Å². The first kappa shape index (κ1) is 33.1. The lowest BCUT2D eigenvalue weighted by molar-refractivity contribution is -0.124. The van der Waals surface area contributed by atoms with Gasteiger partial charge in [0.2, 0.25) is 5.91 Å². The number of nitrogens with one attached hydrogen (secondary N) is 1. The van der Waals surface area contributed by atoms with Gasteiger partial charge in [-0.1, -0.05) is 37.2 Å². The highest BCUT2D eigenvalue weighted by molar-refractivity contribution is 8.15. The number of benzene rings is 3. The van der Waals surface area contributed by atoms with Crippen LogP contribution in [0.1, 0.15) is 24.5 Å². The Hall–Kier alpha value is -5.25. The summed E-state index contributed by atoms with van der Waals surface area (Å²) < 4.78 is 60.6. The average molecular weight is 670 g/mol. The normalized spacial score (nSPS) is 14.1. The Labute approximate surface area is 270 Å². The van der Waals surface area contributed by atoms with Gasteiger partial charge < -0.3 is 10.1 Å². The Morgan fingerprint density at radius 2 is 1.85 bits per heavy atom. The van der Waals surface area contributed by atoms with Crippen molar-refractivity contribution in [3.63, 3.8) is 0 Å². The standard InChI is InChI=1S/C31H27F4N7O4S/c1-4-5-19-7-6-18(2)14-25(19)41-26(43)16-47-29(41)38-28(44)37-24-13-8-20(15-23(24)32)27-36-17-40(39-27)21-9-11-22(12-10-21)42(30(45)46-3)31(33,34)35/h6-15,17H,4-5,16H2,1-3H3,(H,37,44). The summed E-state index contributed by atoms with van der Waals surface area (Å²) in [6.45, 7) is 3.93. The first-order valence-electron chi connectivity index (χ1n) is 14.1. The lowest BCUT2D eigenvalue weighted by Gasteiger charge is -2.23. The zero-order valence-electron chi connectivity index (χ0n) is 25.2. The summed E-state index contributed by atoms with van der Waals surface area (Å²) in [6.07, 6.45) is -3.73. The summed E-state index contributed by atoms with van der Waals surface area (Å²) in [7, 11) is 0.839. The zero-order chi connectivity index (χ0) is 33.9. The maximum Gasteiger partial charge on any atom is 0.494 e. The molecule has 1 fully saturated rings. The van der Waals surface area contributed by atoms with Crippen molar-refractivity contribution in [1.82, 2.24) is 14.8 Å². The van der Waals surface area contributed by atoms with Gasteiger partial charge in [-0.15, -0.1) is 18.3 Å². The summed E-state index contributed by atoms with van der Waals surface area (Å²) in [5, 5.41) is 6.85. The summed E-state index contributed by atoms with van der Waals surface area (Å²) in [5.41, 5.74) is 2.48. The SMILES string of the molecule is CCCc1ccc(C)cc1N1C(=O)CSC1=NC(=O)Nc1ccc(-c2ncn(-c3ccc(N(C(=O)OC)C(F)(F)F)cc3)n2)cc1F. The number of hydrogen-bond acceptors (Lipinski definition) is 7. The number of amidine groups is 1. The van der Waals surface area contributed by atoms with Crippen LogP contribution >= 0.6 is 11.8 Å². The molecule has 1 aliphatic rings. The fraction of sp³-hybridized carbons (Fsp3) is 0.226. The molecule has 0 spiro atoms. The lowest BCUT2D eigenvalue weighted by Crippen LogP contribution is -2.43. The highest BCUT2D eigenvalue weighted by Crippen LogP contribution is 2.32. The van der Waals surface area contributed by atoms with Gasteiger partial charge in [-0.3, -0.25) is 9.69 Å². The van der Waals surface area contributed by atoms with E-state index in [0.717, 1.165) is 61.0 Å². The van der Waals surface area contributed by atoms with Crippen LogP contribution in [-0.2, 0) is 16.0 Å². The van der Waals surface area contributed by atoms with Crippen molar-refractivity contribution in [2.45, 2.75) is 33.0 Å². The number of hydrogen-bond donors (Lipinski definition) is 1. The number of nitrogens with zero attached hydrogens (tertiary/aromatic N) is 6. The molecule has 47 heavy (non-hydrogen) atoms. The molecule has 1 N–H and O–H groups in total. The van der Waals surface area contributed by atoms with E-state index in [9.17, 15) is 27.6 Å². The van der Waals surface area contributed by atoms with Crippen LogP contribution in [0.5, 0.6) is 0 Å². The van der Waals surface area contributed by atoms with E-state index in [2.05, 4.69) is 25.1 Å². The fourth-order valence-corrected chi connectivity index (χ4v) is 5.61. The van der Waals surface area contributed by atoms with Crippen molar-refractivity contribution in [1.29, 1.82) is 0 Å². The van der Waals surface area contributed by atoms with Gasteiger partial charge in [0.1, 0.15) is 12.1 Å². The molecule has 0 bridgehead atoms. The van der Waals surface area contributed by atoms with Crippen LogP contribution in [0.25, 0.3) is 17.1 Å². The third-order valence-electron chi connectivity index (χ3n) is 6.91. The van der Waals surface area contributed by atoms with Crippen molar-refractivity contribution >= 4 is 52.0 Å². The first-order valence-corrected chi connectivity index (χ1v) is 15.1. The summed E-state index contributed by atoms with van der Waals surface area (Å²) in [5.74, 6) is -0.817. The quantitative estimate of drug-likeness (QED) is 0.165. The Bertz CT molecular complexity index is 1860. The second-order valence-corrected chi connectivity index (χ2v) is 11.2. The number of methoxy groups -OCH3 is 1. The number of ether oxygens (including phenoxy) is 1. The van der Waals surface area contributed by atoms with E-state index < -0.39 is 34.8 Å². The summed E-state index contributed by atoms with van der Waals surface area (Å²) in [6, 6.07) is 13.5. The third kappa shape index (κ3) is 7.27. The number of urea groups is 1. The van der Waals surface area contributed by atoms with E-state index in [1.165, 1.54) is 40.2 Å². The number of anilines is 3. The number of amides is 4. The lowest BCUT2D eigenvalue weighted by atomic mass is 10.0. The fourth-order valence-electron chi connectivity index (χ4n) is 4.75. The molecule has 16 heteroatoms. The van der Waals surface area contributed by atoms with E-state index in [-0.39, 0.29) is 33.9 Å². The first-order chi connectivity index (χ1) is 22.4. The topological polar surface area (TPSA) is 122 Å². The van der Waals surface area contributed by atoms with Gasteiger partial charge in [-0.05, 0) is 73.0 Å². The van der Waals surface area contributed by atoms with E-state index in [1.807, 2.05) is 32.0 Å². The van der Waals surface area contributed by atoms with E-state index >= 15 is 4.39 Å². The molecular formula is C31H27F4N7O4S. The molecule has 4 aromatic rings. The molecule has 1 aromatic heterocycles. The van der Waals surface area contributed by atoms with Crippen LogP contribution in [0.4, 0.5) is 44.2 Å². The van der Waals surface area contributed by atoms with Crippen molar-refractivity contribution in [2.24, 2.45) is 4.99 Å². The largest absolute Gasteiger partial charge is 0.494 e. The molecule has 5 rings (SSSR count). The number of aromatic nitrogens is 3. The van der Waals surface area contributed by atoms with Gasteiger partial charge in [0, 0.05) is 5.56 Å². The molecular weight excluding hydrogens is 642 g/mol. The molecule has 0 radical (unpaired) electrons. The minimum Gasteiger partial charge on any atom is -0.452 e. The second-order valence-electron chi connectivity index (χ2n) is 10.2. The number of carbonyl (C=O) groups is 3. The molecule has 0 atom stereocenters. The van der Waals surface area contributed by atoms with Crippen molar-refractivity contribution in [2.75, 3.05) is 28.0 Å². The van der Waals surface area contributed by atoms with Crippen LogP contribution in [0.15, 0.2) is 72.0 Å². The predicted octanol–water partition coefficient (Wildman–Crippen LogP) is 7.09. The Kier molecular flexibility index (Phi) is 9.60. The van der Waals surface area contributed by atoms with Crippen LogP contribution in [0.2, 0.25) is 0 Å². The minimum atomic E-state index is -5.01. The average Bonchev–Trinajstić information content (AvgIpc) is 3.66. The molecule has 0 saturated carbocycles. The van der Waals surface area contributed by atoms with Crippen molar-refractivity contribution in [3.05, 3.63) is 83.9 Å². The smallest absolute Gasteiger partial charge is 0.452 e. The predicted molar refractivity (Wildman–Crippen MR) is 169 cm³/mol. The molecule has 3 aromatic carbocycles. The van der Waals surface area contributed by atoms with Gasteiger partial charge in [0.15, 0.2) is 11.0 Å². The molecule has 1 saturated heterocycles. The Balaban J connectivity index is 1.31. The molecule has 2 heterocycles. The molecule has 11 nitrogen and oxygen atoms in total.